The second-order valence-corrected chi connectivity index (χ2v) is 7.60. The predicted molar refractivity (Wildman–Crippen MR) is 99.2 cm³/mol. The van der Waals surface area contributed by atoms with Crippen LogP contribution in [0.5, 0.6) is 0 Å². The third kappa shape index (κ3) is 3.39. The van der Waals surface area contributed by atoms with E-state index in [0.717, 1.165) is 41.5 Å². The molecule has 0 radical (unpaired) electrons. The number of piperidine rings is 1. The van der Waals surface area contributed by atoms with Crippen molar-refractivity contribution in [3.63, 3.8) is 0 Å². The molecule has 26 heavy (non-hydrogen) atoms. The second-order valence-electron chi connectivity index (χ2n) is 6.65. The minimum absolute atomic E-state index is 0.110. The third-order valence-corrected chi connectivity index (χ3v) is 5.45. The van der Waals surface area contributed by atoms with Crippen molar-refractivity contribution in [2.45, 2.75) is 32.6 Å². The van der Waals surface area contributed by atoms with Crippen LogP contribution in [0.2, 0.25) is 0 Å². The summed E-state index contributed by atoms with van der Waals surface area (Å²) in [6.07, 6.45) is 1.90. The molecule has 0 N–H and O–H groups in total. The zero-order chi connectivity index (χ0) is 18.1. The summed E-state index contributed by atoms with van der Waals surface area (Å²) in [5, 5.41) is 5.86. The van der Waals surface area contributed by atoms with E-state index in [2.05, 4.69) is 16.2 Å². The van der Waals surface area contributed by atoms with E-state index in [0.29, 0.717) is 18.0 Å². The van der Waals surface area contributed by atoms with E-state index < -0.39 is 0 Å². The van der Waals surface area contributed by atoms with Crippen molar-refractivity contribution in [2.75, 3.05) is 13.1 Å². The third-order valence-electron chi connectivity index (χ3n) is 4.56. The van der Waals surface area contributed by atoms with Crippen molar-refractivity contribution in [1.82, 2.24) is 20.0 Å². The van der Waals surface area contributed by atoms with Gasteiger partial charge in [-0.2, -0.15) is 0 Å². The normalized spacial score (nSPS) is 17.5. The minimum atomic E-state index is -0.110. The van der Waals surface area contributed by atoms with Gasteiger partial charge in [0.05, 0.1) is 16.3 Å². The van der Waals surface area contributed by atoms with E-state index in [1.807, 2.05) is 36.3 Å². The number of carbonyl (C=O) groups excluding carboxylic acids is 1. The zero-order valence-corrected chi connectivity index (χ0v) is 15.6. The molecule has 134 valence electrons. The fourth-order valence-corrected chi connectivity index (χ4v) is 4.00. The number of hydrogen-bond acceptors (Lipinski definition) is 6. The molecule has 0 unspecified atom stereocenters. The highest BCUT2D eigenvalue weighted by Gasteiger charge is 2.29. The van der Waals surface area contributed by atoms with Crippen molar-refractivity contribution in [3.8, 4) is 10.6 Å². The molecule has 4 rings (SSSR count). The van der Waals surface area contributed by atoms with Crippen LogP contribution >= 0.6 is 11.3 Å². The van der Waals surface area contributed by atoms with Crippen LogP contribution in [0.4, 0.5) is 0 Å². The Kier molecular flexibility index (Phi) is 4.55. The lowest BCUT2D eigenvalue weighted by atomic mass is 9.96. The molecule has 4 heterocycles. The van der Waals surface area contributed by atoms with Gasteiger partial charge in [-0.3, -0.25) is 4.79 Å². The molecule has 0 saturated carbocycles. The molecule has 0 bridgehead atoms. The van der Waals surface area contributed by atoms with E-state index in [-0.39, 0.29) is 11.8 Å². The van der Waals surface area contributed by atoms with E-state index in [1.165, 1.54) is 0 Å². The largest absolute Gasteiger partial charge is 0.351 e. The number of amides is 1. The highest BCUT2D eigenvalue weighted by molar-refractivity contribution is 7.13. The van der Waals surface area contributed by atoms with E-state index in [1.54, 1.807) is 17.4 Å². The van der Waals surface area contributed by atoms with Gasteiger partial charge in [-0.1, -0.05) is 11.2 Å². The molecule has 3 aromatic rings. The molecule has 0 spiro atoms. The summed E-state index contributed by atoms with van der Waals surface area (Å²) in [4.78, 5) is 25.1. The number of carbonyl (C=O) groups is 1. The molecule has 6 nitrogen and oxygen atoms in total. The highest BCUT2D eigenvalue weighted by atomic mass is 32.1. The molecular weight excluding hydrogens is 348 g/mol. The quantitative estimate of drug-likeness (QED) is 0.702. The maximum absolute atomic E-state index is 12.7. The summed E-state index contributed by atoms with van der Waals surface area (Å²) in [6, 6.07) is 7.79. The average molecular weight is 368 g/mol. The number of rotatable bonds is 3. The van der Waals surface area contributed by atoms with Gasteiger partial charge in [0.15, 0.2) is 0 Å². The van der Waals surface area contributed by atoms with E-state index in [9.17, 15) is 4.79 Å². The molecular formula is C19H20N4O2S. The molecule has 1 aliphatic heterocycles. The number of likely N-dealkylation sites (tertiary alicyclic amines) is 1. The van der Waals surface area contributed by atoms with Crippen molar-refractivity contribution < 1.29 is 9.32 Å². The number of thiophene rings is 1. The van der Waals surface area contributed by atoms with Crippen LogP contribution in [0.25, 0.3) is 10.6 Å². The molecule has 1 aliphatic rings. The van der Waals surface area contributed by atoms with Crippen molar-refractivity contribution in [3.05, 3.63) is 52.6 Å². The molecule has 1 amide bonds. The van der Waals surface area contributed by atoms with Crippen molar-refractivity contribution in [1.29, 1.82) is 0 Å². The Balaban J connectivity index is 1.57. The van der Waals surface area contributed by atoms with Gasteiger partial charge in [-0.15, -0.1) is 11.3 Å². The van der Waals surface area contributed by atoms with Gasteiger partial charge >= 0.3 is 0 Å². The number of aryl methyl sites for hydroxylation is 2. The maximum Gasteiger partial charge on any atom is 0.292 e. The number of hydrogen-bond donors (Lipinski definition) is 0. The van der Waals surface area contributed by atoms with Crippen LogP contribution in [0.15, 0.2) is 34.2 Å². The Bertz CT molecular complexity index is 920. The van der Waals surface area contributed by atoms with Crippen LogP contribution in [0.3, 0.4) is 0 Å². The van der Waals surface area contributed by atoms with E-state index in [4.69, 9.17) is 9.51 Å². The number of nitrogens with zero attached hydrogens (tertiary/aromatic N) is 4. The lowest BCUT2D eigenvalue weighted by Gasteiger charge is -2.31. The SMILES string of the molecule is Cc1cc(C(=O)N2CCC[C@H](c3nc(C)cc(-c4cccs4)n3)C2)on1. The molecule has 1 atom stereocenters. The van der Waals surface area contributed by atoms with Crippen LogP contribution in [-0.4, -0.2) is 39.0 Å². The summed E-state index contributed by atoms with van der Waals surface area (Å²) in [7, 11) is 0. The lowest BCUT2D eigenvalue weighted by molar-refractivity contribution is 0.0662. The van der Waals surface area contributed by atoms with E-state index >= 15 is 0 Å². The molecule has 0 aromatic carbocycles. The Hall–Kier alpha value is -2.54. The minimum Gasteiger partial charge on any atom is -0.351 e. The molecule has 1 fully saturated rings. The standard InChI is InChI=1S/C19H20N4O2S/c1-12-9-15(17-6-4-8-26-17)21-18(20-12)14-5-3-7-23(11-14)19(24)16-10-13(2)22-25-16/h4,6,8-10,14H,3,5,7,11H2,1-2H3/t14-/m0/s1. The summed E-state index contributed by atoms with van der Waals surface area (Å²) < 4.78 is 5.14. The van der Waals surface area contributed by atoms with Crippen LogP contribution in [0, 0.1) is 13.8 Å². The Morgan fingerprint density at radius 3 is 2.88 bits per heavy atom. The van der Waals surface area contributed by atoms with Gasteiger partial charge in [0.1, 0.15) is 5.82 Å². The molecule has 7 heteroatoms. The summed E-state index contributed by atoms with van der Waals surface area (Å²) in [6.45, 7) is 5.13. The predicted octanol–water partition coefficient (Wildman–Crippen LogP) is 3.83. The zero-order valence-electron chi connectivity index (χ0n) is 14.8. The van der Waals surface area contributed by atoms with Crippen molar-refractivity contribution in [2.24, 2.45) is 0 Å². The average Bonchev–Trinajstić information content (AvgIpc) is 3.32. The Labute approximate surface area is 155 Å². The first kappa shape index (κ1) is 16.9. The first-order valence-corrected chi connectivity index (χ1v) is 9.60. The van der Waals surface area contributed by atoms with Crippen LogP contribution in [-0.2, 0) is 0 Å². The summed E-state index contributed by atoms with van der Waals surface area (Å²) in [5.41, 5.74) is 2.62. The maximum atomic E-state index is 12.7. The fourth-order valence-electron chi connectivity index (χ4n) is 3.32. The number of aromatic nitrogens is 3. The Morgan fingerprint density at radius 2 is 2.15 bits per heavy atom. The van der Waals surface area contributed by atoms with Crippen LogP contribution < -0.4 is 0 Å². The fraction of sp³-hybridized carbons (Fsp3) is 0.368. The summed E-state index contributed by atoms with van der Waals surface area (Å²) >= 11 is 1.67. The van der Waals surface area contributed by atoms with Gasteiger partial charge < -0.3 is 9.42 Å². The summed E-state index contributed by atoms with van der Waals surface area (Å²) in [5.74, 6) is 1.14. The second kappa shape index (κ2) is 6.99. The lowest BCUT2D eigenvalue weighted by Crippen LogP contribution is -2.39. The highest BCUT2D eigenvalue weighted by Crippen LogP contribution is 2.29. The van der Waals surface area contributed by atoms with Crippen molar-refractivity contribution >= 4 is 17.2 Å². The molecule has 1 saturated heterocycles. The van der Waals surface area contributed by atoms with Gasteiger partial charge in [0.2, 0.25) is 5.76 Å². The Morgan fingerprint density at radius 1 is 1.27 bits per heavy atom. The monoisotopic (exact) mass is 368 g/mol. The van der Waals surface area contributed by atoms with Gasteiger partial charge in [-0.25, -0.2) is 9.97 Å². The smallest absolute Gasteiger partial charge is 0.292 e. The first-order valence-electron chi connectivity index (χ1n) is 8.72. The topological polar surface area (TPSA) is 72.1 Å². The first-order chi connectivity index (χ1) is 12.6. The van der Waals surface area contributed by atoms with Gasteiger partial charge in [0, 0.05) is 30.8 Å². The van der Waals surface area contributed by atoms with Gasteiger partial charge in [0.25, 0.3) is 5.91 Å². The van der Waals surface area contributed by atoms with Gasteiger partial charge in [-0.05, 0) is 44.2 Å². The van der Waals surface area contributed by atoms with Crippen LogP contribution in [0.1, 0.15) is 46.5 Å². The molecule has 0 aliphatic carbocycles. The molecule has 3 aromatic heterocycles.